The van der Waals surface area contributed by atoms with Crippen molar-refractivity contribution in [3.05, 3.63) is 17.0 Å². The first-order valence-corrected chi connectivity index (χ1v) is 8.34. The Morgan fingerprint density at radius 1 is 1.29 bits per heavy atom. The van der Waals surface area contributed by atoms with Crippen LogP contribution in [0.25, 0.3) is 0 Å². The fourth-order valence-electron chi connectivity index (χ4n) is 2.95. The van der Waals surface area contributed by atoms with Crippen LogP contribution in [0.1, 0.15) is 58.0 Å². The van der Waals surface area contributed by atoms with Crippen molar-refractivity contribution >= 4 is 0 Å². The van der Waals surface area contributed by atoms with Crippen LogP contribution in [0, 0.1) is 5.92 Å². The molecule has 1 N–H and O–H groups in total. The SMILES string of the molecule is CCc1nn(CC2CCOC2)c(CC)c1CNC(C)(C)C. The fraction of sp³-hybridized carbons (Fsp3) is 0.824. The molecule has 1 fully saturated rings. The average Bonchev–Trinajstić information content (AvgIpc) is 3.03. The zero-order valence-electron chi connectivity index (χ0n) is 14.3. The minimum absolute atomic E-state index is 0.136. The summed E-state index contributed by atoms with van der Waals surface area (Å²) in [5.41, 5.74) is 4.20. The number of nitrogens with zero attached hydrogens (tertiary/aromatic N) is 2. The van der Waals surface area contributed by atoms with Gasteiger partial charge in [0.05, 0.1) is 12.3 Å². The summed E-state index contributed by atoms with van der Waals surface area (Å²) < 4.78 is 7.75. The zero-order chi connectivity index (χ0) is 15.5. The number of aromatic nitrogens is 2. The molecule has 0 saturated carbocycles. The van der Waals surface area contributed by atoms with Crippen molar-refractivity contribution in [1.82, 2.24) is 15.1 Å². The zero-order valence-corrected chi connectivity index (χ0v) is 14.3. The summed E-state index contributed by atoms with van der Waals surface area (Å²) in [7, 11) is 0. The van der Waals surface area contributed by atoms with E-state index in [1.165, 1.54) is 23.4 Å². The number of hydrogen-bond acceptors (Lipinski definition) is 3. The van der Waals surface area contributed by atoms with Crippen LogP contribution in [0.2, 0.25) is 0 Å². The molecule has 0 spiro atoms. The van der Waals surface area contributed by atoms with E-state index in [0.717, 1.165) is 39.1 Å². The molecule has 0 aromatic carbocycles. The van der Waals surface area contributed by atoms with Crippen molar-refractivity contribution in [3.8, 4) is 0 Å². The Hall–Kier alpha value is -0.870. The Bertz CT molecular complexity index is 453. The monoisotopic (exact) mass is 293 g/mol. The summed E-state index contributed by atoms with van der Waals surface area (Å²) >= 11 is 0. The van der Waals surface area contributed by atoms with Crippen molar-refractivity contribution in [2.75, 3.05) is 13.2 Å². The molecule has 1 saturated heterocycles. The van der Waals surface area contributed by atoms with E-state index < -0.39 is 0 Å². The van der Waals surface area contributed by atoms with Gasteiger partial charge in [0.15, 0.2) is 0 Å². The van der Waals surface area contributed by atoms with Gasteiger partial charge in [0.2, 0.25) is 0 Å². The van der Waals surface area contributed by atoms with E-state index in [1.807, 2.05) is 0 Å². The summed E-state index contributed by atoms with van der Waals surface area (Å²) in [6.45, 7) is 14.8. The number of aryl methyl sites for hydroxylation is 1. The molecule has 1 unspecified atom stereocenters. The van der Waals surface area contributed by atoms with E-state index in [0.29, 0.717) is 5.92 Å². The molecule has 1 aliphatic heterocycles. The van der Waals surface area contributed by atoms with E-state index in [-0.39, 0.29) is 5.54 Å². The van der Waals surface area contributed by atoms with Gasteiger partial charge >= 0.3 is 0 Å². The Balaban J connectivity index is 2.18. The van der Waals surface area contributed by atoms with Gasteiger partial charge in [-0.15, -0.1) is 0 Å². The predicted molar refractivity (Wildman–Crippen MR) is 86.5 cm³/mol. The lowest BCUT2D eigenvalue weighted by atomic mass is 10.1. The summed E-state index contributed by atoms with van der Waals surface area (Å²) in [4.78, 5) is 0. The lowest BCUT2D eigenvalue weighted by Gasteiger charge is -2.21. The third-order valence-corrected chi connectivity index (χ3v) is 4.17. The quantitative estimate of drug-likeness (QED) is 0.876. The second kappa shape index (κ2) is 6.93. The second-order valence-electron chi connectivity index (χ2n) is 7.09. The fourth-order valence-corrected chi connectivity index (χ4v) is 2.95. The minimum atomic E-state index is 0.136. The lowest BCUT2D eigenvalue weighted by molar-refractivity contribution is 0.181. The number of hydrogen-bond donors (Lipinski definition) is 1. The summed E-state index contributed by atoms with van der Waals surface area (Å²) in [6, 6.07) is 0. The molecule has 0 aliphatic carbocycles. The first-order chi connectivity index (χ1) is 9.94. The first kappa shape index (κ1) is 16.5. The van der Waals surface area contributed by atoms with Gasteiger partial charge in [-0.2, -0.15) is 5.10 Å². The maximum atomic E-state index is 5.50. The van der Waals surface area contributed by atoms with Crippen molar-refractivity contribution in [1.29, 1.82) is 0 Å². The van der Waals surface area contributed by atoms with E-state index in [4.69, 9.17) is 9.84 Å². The summed E-state index contributed by atoms with van der Waals surface area (Å²) in [5, 5.41) is 8.50. The Kier molecular flexibility index (Phi) is 5.44. The normalized spacial score (nSPS) is 19.4. The van der Waals surface area contributed by atoms with E-state index >= 15 is 0 Å². The highest BCUT2D eigenvalue weighted by molar-refractivity contribution is 5.27. The topological polar surface area (TPSA) is 39.1 Å². The van der Waals surface area contributed by atoms with Crippen LogP contribution < -0.4 is 5.32 Å². The van der Waals surface area contributed by atoms with Gasteiger partial charge in [0, 0.05) is 42.4 Å². The van der Waals surface area contributed by atoms with Gasteiger partial charge in [0.1, 0.15) is 0 Å². The standard InChI is InChI=1S/C17H31N3O/c1-6-15-14(10-18-17(3,4)5)16(7-2)20(19-15)11-13-8-9-21-12-13/h13,18H,6-12H2,1-5H3. The van der Waals surface area contributed by atoms with Crippen molar-refractivity contribution in [3.63, 3.8) is 0 Å². The average molecular weight is 293 g/mol. The van der Waals surface area contributed by atoms with Crippen molar-refractivity contribution < 1.29 is 4.74 Å². The van der Waals surface area contributed by atoms with Crippen LogP contribution in [0.15, 0.2) is 0 Å². The highest BCUT2D eigenvalue weighted by Crippen LogP contribution is 2.21. The molecule has 2 heterocycles. The highest BCUT2D eigenvalue weighted by atomic mass is 16.5. The van der Waals surface area contributed by atoms with Crippen molar-refractivity contribution in [2.45, 2.75) is 72.5 Å². The molecule has 4 nitrogen and oxygen atoms in total. The Labute approximate surface area is 129 Å². The third-order valence-electron chi connectivity index (χ3n) is 4.17. The smallest absolute Gasteiger partial charge is 0.0669 e. The largest absolute Gasteiger partial charge is 0.381 e. The molecule has 21 heavy (non-hydrogen) atoms. The maximum Gasteiger partial charge on any atom is 0.0669 e. The van der Waals surface area contributed by atoms with Gasteiger partial charge in [-0.25, -0.2) is 0 Å². The van der Waals surface area contributed by atoms with Gasteiger partial charge in [-0.05, 0) is 40.0 Å². The molecule has 2 rings (SSSR count). The first-order valence-electron chi connectivity index (χ1n) is 8.34. The molecular weight excluding hydrogens is 262 g/mol. The maximum absolute atomic E-state index is 5.50. The van der Waals surface area contributed by atoms with Crippen LogP contribution in [-0.4, -0.2) is 28.5 Å². The second-order valence-corrected chi connectivity index (χ2v) is 7.09. The van der Waals surface area contributed by atoms with E-state index in [2.05, 4.69) is 44.6 Å². The molecule has 120 valence electrons. The minimum Gasteiger partial charge on any atom is -0.381 e. The van der Waals surface area contributed by atoms with Crippen molar-refractivity contribution in [2.24, 2.45) is 5.92 Å². The number of rotatable bonds is 6. The van der Waals surface area contributed by atoms with Crippen LogP contribution in [0.3, 0.4) is 0 Å². The molecule has 1 aliphatic rings. The van der Waals surface area contributed by atoms with Crippen LogP contribution in [0.4, 0.5) is 0 Å². The summed E-state index contributed by atoms with van der Waals surface area (Å²) in [6.07, 6.45) is 3.21. The molecule has 4 heteroatoms. The molecular formula is C17H31N3O. The van der Waals surface area contributed by atoms with Crippen LogP contribution >= 0.6 is 0 Å². The molecule has 1 atom stereocenters. The van der Waals surface area contributed by atoms with Gasteiger partial charge in [-0.1, -0.05) is 13.8 Å². The van der Waals surface area contributed by atoms with E-state index in [9.17, 15) is 0 Å². The molecule has 0 radical (unpaired) electrons. The summed E-state index contributed by atoms with van der Waals surface area (Å²) in [5.74, 6) is 0.628. The molecule has 1 aromatic rings. The molecule has 1 aromatic heterocycles. The van der Waals surface area contributed by atoms with E-state index in [1.54, 1.807) is 0 Å². The van der Waals surface area contributed by atoms with Crippen LogP contribution in [0.5, 0.6) is 0 Å². The van der Waals surface area contributed by atoms with Gasteiger partial charge in [0.25, 0.3) is 0 Å². The Morgan fingerprint density at radius 3 is 2.57 bits per heavy atom. The number of nitrogens with one attached hydrogen (secondary N) is 1. The van der Waals surface area contributed by atoms with Crippen LogP contribution in [-0.2, 0) is 30.7 Å². The van der Waals surface area contributed by atoms with Gasteiger partial charge in [-0.3, -0.25) is 4.68 Å². The lowest BCUT2D eigenvalue weighted by Crippen LogP contribution is -2.35. The molecule has 0 amide bonds. The molecule has 0 bridgehead atoms. The predicted octanol–water partition coefficient (Wildman–Crippen LogP) is 2.93. The highest BCUT2D eigenvalue weighted by Gasteiger charge is 2.22. The third kappa shape index (κ3) is 4.30. The number of ether oxygens (including phenoxy) is 1. The Morgan fingerprint density at radius 2 is 2.05 bits per heavy atom. The van der Waals surface area contributed by atoms with Gasteiger partial charge < -0.3 is 10.1 Å².